The summed E-state index contributed by atoms with van der Waals surface area (Å²) in [6.07, 6.45) is 1.44. The summed E-state index contributed by atoms with van der Waals surface area (Å²) >= 11 is 0. The average Bonchev–Trinajstić information content (AvgIpc) is 3.20. The number of nitrogens with zero attached hydrogens (tertiary/aromatic N) is 3. The fourth-order valence-electron chi connectivity index (χ4n) is 4.02. The summed E-state index contributed by atoms with van der Waals surface area (Å²) in [5.41, 5.74) is 2.16. The van der Waals surface area contributed by atoms with Crippen molar-refractivity contribution in [3.8, 4) is 23.1 Å². The summed E-state index contributed by atoms with van der Waals surface area (Å²) in [6.45, 7) is 11.9. The van der Waals surface area contributed by atoms with Crippen LogP contribution in [-0.2, 0) is 9.53 Å². The Bertz CT molecular complexity index is 1110. The first-order chi connectivity index (χ1) is 16.6. The van der Waals surface area contributed by atoms with Crippen molar-refractivity contribution in [3.63, 3.8) is 0 Å². The molecule has 1 heterocycles. The topological polar surface area (TPSA) is 78.3 Å². The molecule has 0 aliphatic carbocycles. The van der Waals surface area contributed by atoms with Crippen LogP contribution in [0.4, 0.5) is 10.1 Å². The van der Waals surface area contributed by atoms with Crippen molar-refractivity contribution in [3.05, 3.63) is 54.3 Å². The Balaban J connectivity index is 1.76. The molecule has 1 aromatic heterocycles. The van der Waals surface area contributed by atoms with Gasteiger partial charge >= 0.3 is 6.01 Å². The van der Waals surface area contributed by atoms with Gasteiger partial charge in [0.2, 0.25) is 5.91 Å². The highest BCUT2D eigenvalue weighted by molar-refractivity contribution is 5.90. The van der Waals surface area contributed by atoms with Gasteiger partial charge in [-0.15, -0.1) is 5.10 Å². The third-order valence-electron chi connectivity index (χ3n) is 5.22. The van der Waals surface area contributed by atoms with E-state index in [2.05, 4.69) is 43.1 Å². The maximum Gasteiger partial charge on any atom is 0.336 e. The van der Waals surface area contributed by atoms with Crippen LogP contribution in [0.15, 0.2) is 48.5 Å². The predicted molar refractivity (Wildman–Crippen MR) is 135 cm³/mol. The van der Waals surface area contributed by atoms with Crippen molar-refractivity contribution in [2.75, 3.05) is 25.1 Å². The van der Waals surface area contributed by atoms with Gasteiger partial charge in [-0.3, -0.25) is 4.79 Å². The fraction of sp³-hybridized carbons (Fsp3) is 0.444. The van der Waals surface area contributed by atoms with Crippen molar-refractivity contribution >= 4 is 11.6 Å². The Labute approximate surface area is 206 Å². The molecule has 1 amide bonds. The second-order valence-corrected chi connectivity index (χ2v) is 9.85. The number of hydrogen-bond acceptors (Lipinski definition) is 5. The van der Waals surface area contributed by atoms with Crippen LogP contribution < -0.4 is 10.1 Å². The number of rotatable bonds is 11. The number of carbonyl (C=O) groups excluding carboxylic acids is 1. The van der Waals surface area contributed by atoms with Crippen molar-refractivity contribution in [1.29, 1.82) is 0 Å². The SMILES string of the molecule is CCOCCOc1nc(-c2cccc(F)c2)n(-c2ccc(NC(=O)CC(C)CC(C)(C)C)cc2)n1. The van der Waals surface area contributed by atoms with Crippen molar-refractivity contribution in [2.45, 2.75) is 47.5 Å². The number of carbonyl (C=O) groups is 1. The van der Waals surface area contributed by atoms with Crippen LogP contribution in [0, 0.1) is 17.2 Å². The molecular weight excluding hydrogens is 447 g/mol. The molecule has 7 nitrogen and oxygen atoms in total. The van der Waals surface area contributed by atoms with E-state index in [1.165, 1.54) is 12.1 Å². The molecule has 0 saturated carbocycles. The molecule has 3 rings (SSSR count). The number of nitrogens with one attached hydrogen (secondary N) is 1. The number of hydrogen-bond donors (Lipinski definition) is 1. The number of aromatic nitrogens is 3. The molecule has 3 aromatic rings. The number of ether oxygens (including phenoxy) is 2. The maximum absolute atomic E-state index is 13.9. The van der Waals surface area contributed by atoms with Crippen LogP contribution in [0.1, 0.15) is 47.5 Å². The molecule has 0 bridgehead atoms. The lowest BCUT2D eigenvalue weighted by Crippen LogP contribution is -2.18. The minimum Gasteiger partial charge on any atom is -0.460 e. The molecule has 0 spiro atoms. The number of amides is 1. The van der Waals surface area contributed by atoms with Crippen molar-refractivity contribution in [1.82, 2.24) is 14.8 Å². The van der Waals surface area contributed by atoms with Gasteiger partial charge in [-0.2, -0.15) is 4.98 Å². The molecule has 8 heteroatoms. The zero-order valence-corrected chi connectivity index (χ0v) is 21.2. The monoisotopic (exact) mass is 482 g/mol. The number of anilines is 1. The molecule has 1 atom stereocenters. The van der Waals surface area contributed by atoms with Gasteiger partial charge in [0.05, 0.1) is 12.3 Å². The molecule has 2 aromatic carbocycles. The fourth-order valence-corrected chi connectivity index (χ4v) is 4.02. The third-order valence-corrected chi connectivity index (χ3v) is 5.22. The Hall–Kier alpha value is -3.26. The van der Waals surface area contributed by atoms with Gasteiger partial charge in [0.1, 0.15) is 12.4 Å². The normalized spacial score (nSPS) is 12.4. The zero-order chi connectivity index (χ0) is 25.4. The Morgan fingerprint density at radius 3 is 2.54 bits per heavy atom. The lowest BCUT2D eigenvalue weighted by Gasteiger charge is -2.22. The molecule has 1 unspecified atom stereocenters. The van der Waals surface area contributed by atoms with E-state index in [1.807, 2.05) is 31.2 Å². The van der Waals surface area contributed by atoms with Gasteiger partial charge in [-0.25, -0.2) is 9.07 Å². The quantitative estimate of drug-likeness (QED) is 0.345. The lowest BCUT2D eigenvalue weighted by molar-refractivity contribution is -0.117. The van der Waals surface area contributed by atoms with Crippen LogP contribution in [0.5, 0.6) is 6.01 Å². The van der Waals surface area contributed by atoms with Gasteiger partial charge in [-0.1, -0.05) is 39.8 Å². The molecule has 0 aliphatic rings. The van der Waals surface area contributed by atoms with Crippen LogP contribution in [0.25, 0.3) is 17.1 Å². The molecular formula is C27H35FN4O3. The van der Waals surface area contributed by atoms with E-state index in [9.17, 15) is 9.18 Å². The van der Waals surface area contributed by atoms with Crippen molar-refractivity contribution in [2.24, 2.45) is 11.3 Å². The average molecular weight is 483 g/mol. The molecule has 35 heavy (non-hydrogen) atoms. The van der Waals surface area contributed by atoms with Gasteiger partial charge < -0.3 is 14.8 Å². The lowest BCUT2D eigenvalue weighted by atomic mass is 9.84. The molecule has 0 saturated heterocycles. The first-order valence-electron chi connectivity index (χ1n) is 12.0. The molecule has 0 radical (unpaired) electrons. The highest BCUT2D eigenvalue weighted by atomic mass is 19.1. The summed E-state index contributed by atoms with van der Waals surface area (Å²) in [5.74, 6) is 0.360. The Kier molecular flexibility index (Phi) is 8.98. The third kappa shape index (κ3) is 8.17. The molecule has 188 valence electrons. The van der Waals surface area contributed by atoms with E-state index >= 15 is 0 Å². The summed E-state index contributed by atoms with van der Waals surface area (Å²) in [4.78, 5) is 16.9. The minimum atomic E-state index is -0.366. The van der Waals surface area contributed by atoms with Gasteiger partial charge in [-0.05, 0) is 61.1 Å². The predicted octanol–water partition coefficient (Wildman–Crippen LogP) is 5.89. The first kappa shape index (κ1) is 26.3. The number of benzene rings is 2. The van der Waals surface area contributed by atoms with Crippen molar-refractivity contribution < 1.29 is 18.7 Å². The zero-order valence-electron chi connectivity index (χ0n) is 21.2. The van der Waals surface area contributed by atoms with Crippen LogP contribution in [0.2, 0.25) is 0 Å². The van der Waals surface area contributed by atoms with Gasteiger partial charge in [0.15, 0.2) is 5.82 Å². The minimum absolute atomic E-state index is 0.0132. The van der Waals surface area contributed by atoms with Crippen LogP contribution >= 0.6 is 0 Å². The van der Waals surface area contributed by atoms with Crippen LogP contribution in [-0.4, -0.2) is 40.5 Å². The van der Waals surface area contributed by atoms with Crippen LogP contribution in [0.3, 0.4) is 0 Å². The standard InChI is InChI=1S/C27H35FN4O3/c1-6-34-14-15-35-26-30-25(20-8-7-9-21(28)17-20)32(31-26)23-12-10-22(11-13-23)29-24(33)16-19(2)18-27(3,4)5/h7-13,17,19H,6,14-16,18H2,1-5H3,(H,29,33). The number of halogens is 1. The summed E-state index contributed by atoms with van der Waals surface area (Å²) in [5, 5.41) is 7.43. The molecule has 0 fully saturated rings. The summed E-state index contributed by atoms with van der Waals surface area (Å²) in [6, 6.07) is 13.6. The van der Waals surface area contributed by atoms with Gasteiger partial charge in [0.25, 0.3) is 0 Å². The highest BCUT2D eigenvalue weighted by Crippen LogP contribution is 2.27. The second-order valence-electron chi connectivity index (χ2n) is 9.85. The Morgan fingerprint density at radius 1 is 1.14 bits per heavy atom. The van der Waals surface area contributed by atoms with E-state index in [-0.39, 0.29) is 23.1 Å². The second kappa shape index (κ2) is 11.9. The molecule has 0 aliphatic heterocycles. The Morgan fingerprint density at radius 2 is 1.89 bits per heavy atom. The van der Waals surface area contributed by atoms with E-state index in [1.54, 1.807) is 16.8 Å². The van der Waals surface area contributed by atoms with E-state index in [0.29, 0.717) is 54.9 Å². The summed E-state index contributed by atoms with van der Waals surface area (Å²) in [7, 11) is 0. The van der Waals surface area contributed by atoms with Gasteiger partial charge in [0, 0.05) is 24.3 Å². The van der Waals surface area contributed by atoms with E-state index in [0.717, 1.165) is 6.42 Å². The molecule has 1 N–H and O–H groups in total. The van der Waals surface area contributed by atoms with E-state index in [4.69, 9.17) is 9.47 Å². The maximum atomic E-state index is 13.9. The first-order valence-corrected chi connectivity index (χ1v) is 12.0. The smallest absolute Gasteiger partial charge is 0.336 e. The van der Waals surface area contributed by atoms with E-state index < -0.39 is 0 Å². The largest absolute Gasteiger partial charge is 0.460 e. The highest BCUT2D eigenvalue weighted by Gasteiger charge is 2.18. The summed E-state index contributed by atoms with van der Waals surface area (Å²) < 4.78 is 26.4.